The fourth-order valence-corrected chi connectivity index (χ4v) is 4.11. The van der Waals surface area contributed by atoms with Crippen molar-refractivity contribution in [3.8, 4) is 0 Å². The van der Waals surface area contributed by atoms with E-state index in [4.69, 9.17) is 0 Å². The summed E-state index contributed by atoms with van der Waals surface area (Å²) in [6.07, 6.45) is 2.39. The molecule has 2 aromatic carbocycles. The molecule has 1 atom stereocenters. The second-order valence-electron chi connectivity index (χ2n) is 7.64. The Labute approximate surface area is 168 Å². The summed E-state index contributed by atoms with van der Waals surface area (Å²) in [4.78, 5) is 40.3. The number of carbonyl (C=O) groups is 2. The van der Waals surface area contributed by atoms with E-state index in [0.717, 1.165) is 18.0 Å². The van der Waals surface area contributed by atoms with Gasteiger partial charge in [0.15, 0.2) is 6.67 Å². The fraction of sp³-hybridized carbons (Fsp3) is 0.333. The molecule has 8 heteroatoms. The third-order valence-corrected chi connectivity index (χ3v) is 5.52. The minimum absolute atomic E-state index is 0.106. The van der Waals surface area contributed by atoms with Crippen molar-refractivity contribution in [3.63, 3.8) is 0 Å². The van der Waals surface area contributed by atoms with Crippen LogP contribution in [0.25, 0.3) is 0 Å². The number of nitro groups is 1. The highest BCUT2D eigenvalue weighted by atomic mass is 16.6. The highest BCUT2D eigenvalue weighted by Crippen LogP contribution is 2.26. The molecule has 2 heterocycles. The predicted octanol–water partition coefficient (Wildman–Crippen LogP) is 1.46. The zero-order chi connectivity index (χ0) is 20.5. The first-order valence-electron chi connectivity index (χ1n) is 9.74. The van der Waals surface area contributed by atoms with Crippen LogP contribution in [-0.4, -0.2) is 48.4 Å². The topological polar surface area (TPSA) is 88.2 Å². The van der Waals surface area contributed by atoms with Crippen LogP contribution in [0, 0.1) is 10.1 Å². The predicted molar refractivity (Wildman–Crippen MR) is 107 cm³/mol. The smallest absolute Gasteiger partial charge is 0.270 e. The number of amides is 2. The van der Waals surface area contributed by atoms with E-state index >= 15 is 0 Å². The average Bonchev–Trinajstić information content (AvgIpc) is 3.32. The van der Waals surface area contributed by atoms with Crippen molar-refractivity contribution >= 4 is 23.2 Å². The van der Waals surface area contributed by atoms with Crippen LogP contribution >= 0.6 is 0 Å². The van der Waals surface area contributed by atoms with Gasteiger partial charge in [-0.2, -0.15) is 0 Å². The Morgan fingerprint density at radius 2 is 1.72 bits per heavy atom. The number of fused-ring (bicyclic) bond motifs is 1. The lowest BCUT2D eigenvalue weighted by Gasteiger charge is -2.24. The van der Waals surface area contributed by atoms with E-state index in [1.807, 2.05) is 19.2 Å². The third-order valence-electron chi connectivity index (χ3n) is 5.52. The van der Waals surface area contributed by atoms with Crippen molar-refractivity contribution in [3.05, 3.63) is 69.3 Å². The first kappa shape index (κ1) is 19.1. The van der Waals surface area contributed by atoms with Crippen LogP contribution in [0.4, 0.5) is 11.4 Å². The number of rotatable bonds is 6. The molecule has 0 aromatic heterocycles. The number of anilines is 1. The molecular formula is C21H23N4O4+. The molecule has 0 saturated carbocycles. The van der Waals surface area contributed by atoms with Gasteiger partial charge in [-0.3, -0.25) is 19.7 Å². The molecule has 29 heavy (non-hydrogen) atoms. The number of hydrogen-bond donors (Lipinski definition) is 1. The van der Waals surface area contributed by atoms with Gasteiger partial charge in [-0.15, -0.1) is 0 Å². The van der Waals surface area contributed by atoms with Gasteiger partial charge in [0.1, 0.15) is 6.54 Å². The van der Waals surface area contributed by atoms with E-state index < -0.39 is 16.7 Å². The first-order chi connectivity index (χ1) is 14.0. The van der Waals surface area contributed by atoms with Crippen LogP contribution in [0.3, 0.4) is 0 Å². The second kappa shape index (κ2) is 7.63. The molecule has 8 nitrogen and oxygen atoms in total. The standard InChI is InChI=1S/C21H22N4O4/c1-22(13-15-6-2-3-7-19(15)23-10-4-5-11-23)14-24-20(26)17-9-8-16(25(28)29)12-18(17)21(24)27/h2-3,6-9,12H,4-5,10-11,13-14H2,1H3/p+1. The number of carbonyl (C=O) groups excluding carboxylic acids is 2. The van der Waals surface area contributed by atoms with Gasteiger partial charge >= 0.3 is 0 Å². The maximum atomic E-state index is 12.7. The monoisotopic (exact) mass is 395 g/mol. The highest BCUT2D eigenvalue weighted by molar-refractivity contribution is 6.21. The number of para-hydroxylation sites is 1. The Morgan fingerprint density at radius 1 is 1.03 bits per heavy atom. The summed E-state index contributed by atoms with van der Waals surface area (Å²) in [6.45, 7) is 2.97. The number of benzene rings is 2. The Balaban J connectivity index is 1.49. The molecule has 2 aromatic rings. The zero-order valence-electron chi connectivity index (χ0n) is 16.3. The van der Waals surface area contributed by atoms with Crippen molar-refractivity contribution in [2.75, 3.05) is 31.7 Å². The van der Waals surface area contributed by atoms with Crippen LogP contribution < -0.4 is 9.80 Å². The van der Waals surface area contributed by atoms with Crippen molar-refractivity contribution in [2.24, 2.45) is 0 Å². The molecule has 1 fully saturated rings. The van der Waals surface area contributed by atoms with Gasteiger partial charge in [-0.05, 0) is 25.0 Å². The zero-order valence-corrected chi connectivity index (χ0v) is 16.3. The summed E-state index contributed by atoms with van der Waals surface area (Å²) in [7, 11) is 1.94. The van der Waals surface area contributed by atoms with Gasteiger partial charge in [-0.25, -0.2) is 4.90 Å². The number of non-ortho nitro benzene ring substituents is 1. The second-order valence-corrected chi connectivity index (χ2v) is 7.64. The van der Waals surface area contributed by atoms with Gasteiger partial charge in [-0.1, -0.05) is 18.2 Å². The number of nitrogens with zero attached hydrogens (tertiary/aromatic N) is 3. The van der Waals surface area contributed by atoms with E-state index in [1.54, 1.807) is 0 Å². The molecule has 4 rings (SSSR count). The van der Waals surface area contributed by atoms with Crippen molar-refractivity contribution in [1.29, 1.82) is 0 Å². The van der Waals surface area contributed by atoms with Crippen LogP contribution in [0.1, 0.15) is 39.1 Å². The van der Waals surface area contributed by atoms with E-state index in [-0.39, 0.29) is 23.5 Å². The number of nitro benzene ring substituents is 1. The van der Waals surface area contributed by atoms with Crippen molar-refractivity contribution < 1.29 is 19.4 Å². The van der Waals surface area contributed by atoms with E-state index in [9.17, 15) is 19.7 Å². The minimum Gasteiger partial charge on any atom is -0.371 e. The average molecular weight is 395 g/mol. The number of hydrogen-bond acceptors (Lipinski definition) is 5. The maximum Gasteiger partial charge on any atom is 0.270 e. The van der Waals surface area contributed by atoms with Crippen LogP contribution in [0.15, 0.2) is 42.5 Å². The normalized spacial score (nSPS) is 17.0. The molecule has 0 aliphatic carbocycles. The Kier molecular flexibility index (Phi) is 5.02. The van der Waals surface area contributed by atoms with Crippen LogP contribution in [-0.2, 0) is 6.54 Å². The lowest BCUT2D eigenvalue weighted by atomic mass is 10.1. The largest absolute Gasteiger partial charge is 0.371 e. The van der Waals surface area contributed by atoms with Crippen LogP contribution in [0.2, 0.25) is 0 Å². The summed E-state index contributed by atoms with van der Waals surface area (Å²) in [6, 6.07) is 12.1. The van der Waals surface area contributed by atoms with Gasteiger partial charge < -0.3 is 9.80 Å². The molecule has 2 amide bonds. The van der Waals surface area contributed by atoms with Gasteiger partial charge in [0, 0.05) is 36.5 Å². The first-order valence-corrected chi connectivity index (χ1v) is 9.74. The molecule has 150 valence electrons. The molecular weight excluding hydrogens is 372 g/mol. The summed E-state index contributed by atoms with van der Waals surface area (Å²) in [5, 5.41) is 11.0. The molecule has 2 aliphatic rings. The summed E-state index contributed by atoms with van der Waals surface area (Å²) in [5.41, 5.74) is 2.54. The Morgan fingerprint density at radius 3 is 2.45 bits per heavy atom. The lowest BCUT2D eigenvalue weighted by Crippen LogP contribution is -3.09. The minimum atomic E-state index is -0.562. The Hall–Kier alpha value is -3.26. The molecule has 0 spiro atoms. The Bertz CT molecular complexity index is 984. The van der Waals surface area contributed by atoms with Gasteiger partial charge in [0.2, 0.25) is 0 Å². The molecule has 1 unspecified atom stereocenters. The maximum absolute atomic E-state index is 12.7. The number of nitrogens with one attached hydrogen (secondary N) is 1. The molecule has 1 saturated heterocycles. The van der Waals surface area contributed by atoms with E-state index in [1.165, 1.54) is 47.2 Å². The quantitative estimate of drug-likeness (QED) is 0.455. The number of quaternary nitrogens is 1. The fourth-order valence-electron chi connectivity index (χ4n) is 4.11. The highest BCUT2D eigenvalue weighted by Gasteiger charge is 2.38. The molecule has 0 radical (unpaired) electrons. The molecule has 1 N–H and O–H groups in total. The van der Waals surface area contributed by atoms with Crippen molar-refractivity contribution in [1.82, 2.24) is 4.90 Å². The van der Waals surface area contributed by atoms with Gasteiger partial charge in [0.05, 0.1) is 23.1 Å². The molecule has 0 bridgehead atoms. The van der Waals surface area contributed by atoms with E-state index in [2.05, 4.69) is 17.0 Å². The SMILES string of the molecule is C[NH+](Cc1ccccc1N1CCCC1)CN1C(=O)c2ccc([N+](=O)[O-])cc2C1=O. The summed E-state index contributed by atoms with van der Waals surface area (Å²) < 4.78 is 0. The van der Waals surface area contributed by atoms with Crippen molar-refractivity contribution in [2.45, 2.75) is 19.4 Å². The molecule has 2 aliphatic heterocycles. The lowest BCUT2D eigenvalue weighted by molar-refractivity contribution is -0.901. The van der Waals surface area contributed by atoms with Gasteiger partial charge in [0.25, 0.3) is 17.5 Å². The summed E-state index contributed by atoms with van der Waals surface area (Å²) in [5.74, 6) is -0.868. The van der Waals surface area contributed by atoms with Crippen LogP contribution in [0.5, 0.6) is 0 Å². The summed E-state index contributed by atoms with van der Waals surface area (Å²) >= 11 is 0. The van der Waals surface area contributed by atoms with E-state index in [0.29, 0.717) is 6.54 Å². The number of imide groups is 1. The third kappa shape index (κ3) is 3.58.